The third kappa shape index (κ3) is 4.94. The molecule has 0 aliphatic rings. The summed E-state index contributed by atoms with van der Waals surface area (Å²) in [6, 6.07) is 15.3. The standard InChI is InChI=1S/C21H23NO5/c1-14(23)16-8-7-11-18(12-16)27-15(2)19(24)22-13-21(3,20(25)26)17-9-5-4-6-10-17/h4-12,15H,13H2,1-3H3,(H,22,24)(H,25,26). The quantitative estimate of drug-likeness (QED) is 0.698. The summed E-state index contributed by atoms with van der Waals surface area (Å²) in [7, 11) is 0. The van der Waals surface area contributed by atoms with E-state index in [9.17, 15) is 19.5 Å². The molecule has 27 heavy (non-hydrogen) atoms. The molecular formula is C21H23NO5. The zero-order valence-electron chi connectivity index (χ0n) is 15.6. The maximum Gasteiger partial charge on any atom is 0.315 e. The van der Waals surface area contributed by atoms with E-state index in [1.807, 2.05) is 0 Å². The Kier molecular flexibility index (Phi) is 6.34. The second-order valence-electron chi connectivity index (χ2n) is 6.57. The molecule has 0 aliphatic carbocycles. The van der Waals surface area contributed by atoms with Crippen LogP contribution in [-0.4, -0.2) is 35.4 Å². The molecular weight excluding hydrogens is 346 g/mol. The van der Waals surface area contributed by atoms with E-state index in [1.165, 1.54) is 6.92 Å². The molecule has 142 valence electrons. The summed E-state index contributed by atoms with van der Waals surface area (Å²) < 4.78 is 5.59. The van der Waals surface area contributed by atoms with Gasteiger partial charge in [-0.1, -0.05) is 42.5 Å². The summed E-state index contributed by atoms with van der Waals surface area (Å²) in [6.45, 7) is 4.50. The summed E-state index contributed by atoms with van der Waals surface area (Å²) >= 11 is 0. The second-order valence-corrected chi connectivity index (χ2v) is 6.57. The summed E-state index contributed by atoms with van der Waals surface area (Å²) in [5.74, 6) is -1.17. The van der Waals surface area contributed by atoms with E-state index < -0.39 is 23.4 Å². The van der Waals surface area contributed by atoms with Crippen LogP contribution in [0.5, 0.6) is 5.75 Å². The SMILES string of the molecule is CC(=O)c1cccc(OC(C)C(=O)NCC(C)(C(=O)O)c2ccccc2)c1. The molecule has 0 aliphatic heterocycles. The van der Waals surface area contributed by atoms with Crippen LogP contribution in [0.25, 0.3) is 0 Å². The van der Waals surface area contributed by atoms with E-state index in [2.05, 4.69) is 5.32 Å². The van der Waals surface area contributed by atoms with Gasteiger partial charge in [-0.05, 0) is 38.5 Å². The molecule has 0 saturated carbocycles. The minimum absolute atomic E-state index is 0.0770. The number of aliphatic carboxylic acids is 1. The Morgan fingerprint density at radius 1 is 1.11 bits per heavy atom. The first-order valence-electron chi connectivity index (χ1n) is 8.58. The van der Waals surface area contributed by atoms with Gasteiger partial charge in [-0.2, -0.15) is 0 Å². The molecule has 0 fully saturated rings. The smallest absolute Gasteiger partial charge is 0.315 e. The van der Waals surface area contributed by atoms with Gasteiger partial charge in [-0.3, -0.25) is 14.4 Å². The van der Waals surface area contributed by atoms with Crippen LogP contribution >= 0.6 is 0 Å². The van der Waals surface area contributed by atoms with Crippen LogP contribution in [0.3, 0.4) is 0 Å². The molecule has 0 saturated heterocycles. The molecule has 2 N–H and O–H groups in total. The monoisotopic (exact) mass is 369 g/mol. The van der Waals surface area contributed by atoms with Crippen LogP contribution in [0.4, 0.5) is 0 Å². The van der Waals surface area contributed by atoms with Gasteiger partial charge in [0.25, 0.3) is 5.91 Å². The number of carboxylic acids is 1. The number of rotatable bonds is 8. The number of nitrogens with one attached hydrogen (secondary N) is 1. The van der Waals surface area contributed by atoms with Crippen molar-refractivity contribution in [2.75, 3.05) is 6.54 Å². The molecule has 2 atom stereocenters. The Bertz CT molecular complexity index is 833. The second kappa shape index (κ2) is 8.49. The number of hydrogen-bond donors (Lipinski definition) is 2. The molecule has 0 aromatic heterocycles. The van der Waals surface area contributed by atoms with E-state index in [0.29, 0.717) is 16.9 Å². The van der Waals surface area contributed by atoms with Crippen molar-refractivity contribution in [2.45, 2.75) is 32.3 Å². The lowest BCUT2D eigenvalue weighted by atomic mass is 9.82. The number of carbonyl (C=O) groups excluding carboxylic acids is 2. The predicted molar refractivity (Wildman–Crippen MR) is 101 cm³/mol. The lowest BCUT2D eigenvalue weighted by Crippen LogP contribution is -2.47. The fraction of sp³-hybridized carbons (Fsp3) is 0.286. The molecule has 6 nitrogen and oxygen atoms in total. The zero-order chi connectivity index (χ0) is 20.0. The predicted octanol–water partition coefficient (Wildman–Crippen LogP) is 2.82. The van der Waals surface area contributed by atoms with Gasteiger partial charge in [0.15, 0.2) is 11.9 Å². The number of carbonyl (C=O) groups is 3. The molecule has 0 radical (unpaired) electrons. The van der Waals surface area contributed by atoms with Crippen molar-refractivity contribution in [2.24, 2.45) is 0 Å². The maximum atomic E-state index is 12.4. The Morgan fingerprint density at radius 2 is 1.78 bits per heavy atom. The first-order chi connectivity index (χ1) is 12.7. The van der Waals surface area contributed by atoms with Crippen molar-refractivity contribution in [1.29, 1.82) is 0 Å². The van der Waals surface area contributed by atoms with Crippen molar-refractivity contribution >= 4 is 17.7 Å². The minimum Gasteiger partial charge on any atom is -0.481 e. The van der Waals surface area contributed by atoms with Crippen LogP contribution in [0, 0.1) is 0 Å². The fourth-order valence-electron chi connectivity index (χ4n) is 2.56. The van der Waals surface area contributed by atoms with Gasteiger partial charge in [0, 0.05) is 12.1 Å². The third-order valence-corrected chi connectivity index (χ3v) is 4.42. The van der Waals surface area contributed by atoms with Crippen LogP contribution < -0.4 is 10.1 Å². The van der Waals surface area contributed by atoms with Gasteiger partial charge < -0.3 is 15.2 Å². The van der Waals surface area contributed by atoms with Gasteiger partial charge in [-0.15, -0.1) is 0 Å². The minimum atomic E-state index is -1.26. The number of amides is 1. The fourth-order valence-corrected chi connectivity index (χ4v) is 2.56. The number of hydrogen-bond acceptors (Lipinski definition) is 4. The summed E-state index contributed by atoms with van der Waals surface area (Å²) in [6.07, 6.45) is -0.846. The Morgan fingerprint density at radius 3 is 2.37 bits per heavy atom. The van der Waals surface area contributed by atoms with Gasteiger partial charge in [-0.25, -0.2) is 0 Å². The number of carboxylic acid groups (broad SMARTS) is 1. The maximum absolute atomic E-state index is 12.4. The van der Waals surface area contributed by atoms with Crippen LogP contribution in [0.15, 0.2) is 54.6 Å². The first kappa shape index (κ1) is 20.2. The highest BCUT2D eigenvalue weighted by Crippen LogP contribution is 2.23. The summed E-state index contributed by atoms with van der Waals surface area (Å²) in [4.78, 5) is 35.6. The van der Waals surface area contributed by atoms with E-state index in [-0.39, 0.29) is 12.3 Å². The van der Waals surface area contributed by atoms with E-state index in [1.54, 1.807) is 68.4 Å². The zero-order valence-corrected chi connectivity index (χ0v) is 15.6. The molecule has 2 aromatic rings. The average Bonchev–Trinajstić information content (AvgIpc) is 2.66. The Labute approximate surface area is 158 Å². The van der Waals surface area contributed by atoms with E-state index >= 15 is 0 Å². The number of benzene rings is 2. The highest BCUT2D eigenvalue weighted by Gasteiger charge is 2.36. The molecule has 1 amide bonds. The van der Waals surface area contributed by atoms with E-state index in [4.69, 9.17) is 4.74 Å². The van der Waals surface area contributed by atoms with Gasteiger partial charge in [0.1, 0.15) is 11.2 Å². The molecule has 0 spiro atoms. The van der Waals surface area contributed by atoms with Crippen molar-refractivity contribution < 1.29 is 24.2 Å². The van der Waals surface area contributed by atoms with Gasteiger partial charge >= 0.3 is 5.97 Å². The van der Waals surface area contributed by atoms with Crippen molar-refractivity contribution in [3.63, 3.8) is 0 Å². The largest absolute Gasteiger partial charge is 0.481 e. The average molecular weight is 369 g/mol. The summed E-state index contributed by atoms with van der Waals surface area (Å²) in [5, 5.41) is 12.3. The topological polar surface area (TPSA) is 92.7 Å². The number of Topliss-reactive ketones (excluding diaryl/α,β-unsaturated/α-hetero) is 1. The van der Waals surface area contributed by atoms with Crippen molar-refractivity contribution in [3.05, 3.63) is 65.7 Å². The highest BCUT2D eigenvalue weighted by atomic mass is 16.5. The third-order valence-electron chi connectivity index (χ3n) is 4.42. The molecule has 0 bridgehead atoms. The first-order valence-corrected chi connectivity index (χ1v) is 8.58. The molecule has 0 heterocycles. The lowest BCUT2D eigenvalue weighted by Gasteiger charge is -2.26. The van der Waals surface area contributed by atoms with Crippen molar-refractivity contribution in [1.82, 2.24) is 5.32 Å². The number of ether oxygens (including phenoxy) is 1. The van der Waals surface area contributed by atoms with Gasteiger partial charge in [0.2, 0.25) is 0 Å². The van der Waals surface area contributed by atoms with Crippen LogP contribution in [0.2, 0.25) is 0 Å². The highest BCUT2D eigenvalue weighted by molar-refractivity contribution is 5.94. The molecule has 6 heteroatoms. The van der Waals surface area contributed by atoms with E-state index in [0.717, 1.165) is 0 Å². The van der Waals surface area contributed by atoms with Crippen molar-refractivity contribution in [3.8, 4) is 5.75 Å². The Hall–Kier alpha value is -3.15. The summed E-state index contributed by atoms with van der Waals surface area (Å²) in [5.41, 5.74) is -0.172. The Balaban J connectivity index is 2.04. The van der Waals surface area contributed by atoms with Crippen LogP contribution in [-0.2, 0) is 15.0 Å². The molecule has 2 rings (SSSR count). The van der Waals surface area contributed by atoms with Crippen LogP contribution in [0.1, 0.15) is 36.7 Å². The molecule has 2 aromatic carbocycles. The lowest BCUT2D eigenvalue weighted by molar-refractivity contribution is -0.143. The molecule has 2 unspecified atom stereocenters. The van der Waals surface area contributed by atoms with Gasteiger partial charge in [0.05, 0.1) is 0 Å². The normalized spacial score (nSPS) is 13.9. The number of ketones is 1.